The third kappa shape index (κ3) is 2.50. The molecule has 76 valence electrons. The van der Waals surface area contributed by atoms with Crippen molar-refractivity contribution >= 4 is 28.8 Å². The summed E-state index contributed by atoms with van der Waals surface area (Å²) in [5.41, 5.74) is 0.679. The second kappa shape index (κ2) is 5.04. The molecule has 0 atom stereocenters. The predicted molar refractivity (Wildman–Crippen MR) is 61.4 cm³/mol. The van der Waals surface area contributed by atoms with Gasteiger partial charge < -0.3 is 15.1 Å². The molecule has 1 rings (SSSR count). The highest BCUT2D eigenvalue weighted by molar-refractivity contribution is 14.1. The van der Waals surface area contributed by atoms with Crippen LogP contribution >= 0.6 is 22.6 Å². The summed E-state index contributed by atoms with van der Waals surface area (Å²) in [5.74, 6) is 0.511. The summed E-state index contributed by atoms with van der Waals surface area (Å²) in [7, 11) is 0. The standard InChI is InChI=1S/C9H10INO3/c1-2-14-8-4-6(5-11-13)3-7(10)9(8)12/h3-5,12-13H,2H2,1H3/b11-5+. The van der Waals surface area contributed by atoms with Crippen LogP contribution in [0.15, 0.2) is 17.3 Å². The summed E-state index contributed by atoms with van der Waals surface area (Å²) in [4.78, 5) is 0. The van der Waals surface area contributed by atoms with Crippen LogP contribution in [-0.4, -0.2) is 23.1 Å². The number of hydrogen-bond donors (Lipinski definition) is 2. The van der Waals surface area contributed by atoms with Crippen LogP contribution < -0.4 is 4.74 Å². The van der Waals surface area contributed by atoms with Crippen LogP contribution in [0, 0.1) is 3.57 Å². The van der Waals surface area contributed by atoms with E-state index < -0.39 is 0 Å². The molecule has 0 saturated carbocycles. The lowest BCUT2D eigenvalue weighted by Gasteiger charge is -2.07. The lowest BCUT2D eigenvalue weighted by molar-refractivity contribution is 0.316. The van der Waals surface area contributed by atoms with Crippen molar-refractivity contribution in [3.8, 4) is 11.5 Å². The molecule has 0 saturated heterocycles. The van der Waals surface area contributed by atoms with Crippen LogP contribution in [0.25, 0.3) is 0 Å². The van der Waals surface area contributed by atoms with E-state index in [1.165, 1.54) is 6.21 Å². The van der Waals surface area contributed by atoms with Crippen molar-refractivity contribution in [2.24, 2.45) is 5.16 Å². The number of benzene rings is 1. The molecule has 1 aromatic rings. The molecule has 0 bridgehead atoms. The molecule has 2 N–H and O–H groups in total. The highest BCUT2D eigenvalue weighted by Gasteiger charge is 2.07. The summed E-state index contributed by atoms with van der Waals surface area (Å²) in [6.45, 7) is 2.31. The summed E-state index contributed by atoms with van der Waals surface area (Å²) in [5, 5.41) is 20.9. The first kappa shape index (κ1) is 11.1. The first-order chi connectivity index (χ1) is 6.69. The maximum absolute atomic E-state index is 9.58. The van der Waals surface area contributed by atoms with E-state index in [9.17, 15) is 5.11 Å². The number of rotatable bonds is 3. The molecule has 0 aromatic heterocycles. The molecule has 14 heavy (non-hydrogen) atoms. The van der Waals surface area contributed by atoms with Crippen molar-refractivity contribution < 1.29 is 15.1 Å². The van der Waals surface area contributed by atoms with Crippen LogP contribution in [0.3, 0.4) is 0 Å². The van der Waals surface area contributed by atoms with E-state index in [1.54, 1.807) is 12.1 Å². The second-order valence-corrected chi connectivity index (χ2v) is 3.69. The molecule has 0 heterocycles. The monoisotopic (exact) mass is 307 g/mol. The van der Waals surface area contributed by atoms with Crippen LogP contribution in [-0.2, 0) is 0 Å². The van der Waals surface area contributed by atoms with Gasteiger partial charge >= 0.3 is 0 Å². The number of phenols is 1. The third-order valence-corrected chi connectivity index (χ3v) is 2.38. The van der Waals surface area contributed by atoms with Crippen LogP contribution in [0.5, 0.6) is 11.5 Å². The Morgan fingerprint density at radius 3 is 2.86 bits per heavy atom. The van der Waals surface area contributed by atoms with Crippen LogP contribution in [0.2, 0.25) is 0 Å². The molecule has 0 fully saturated rings. The molecule has 5 heteroatoms. The highest BCUT2D eigenvalue weighted by atomic mass is 127. The van der Waals surface area contributed by atoms with Crippen molar-refractivity contribution in [1.29, 1.82) is 0 Å². The Balaban J connectivity index is 3.13. The Kier molecular flexibility index (Phi) is 3.99. The van der Waals surface area contributed by atoms with Gasteiger partial charge in [0.1, 0.15) is 0 Å². The third-order valence-electron chi connectivity index (χ3n) is 1.56. The second-order valence-electron chi connectivity index (χ2n) is 2.53. The van der Waals surface area contributed by atoms with Crippen molar-refractivity contribution in [2.45, 2.75) is 6.92 Å². The van der Waals surface area contributed by atoms with E-state index in [1.807, 2.05) is 29.5 Å². The fourth-order valence-corrected chi connectivity index (χ4v) is 1.63. The van der Waals surface area contributed by atoms with Crippen molar-refractivity contribution in [1.82, 2.24) is 0 Å². The lowest BCUT2D eigenvalue weighted by Crippen LogP contribution is -1.94. The Morgan fingerprint density at radius 2 is 2.29 bits per heavy atom. The van der Waals surface area contributed by atoms with Crippen molar-refractivity contribution in [3.63, 3.8) is 0 Å². The van der Waals surface area contributed by atoms with Gasteiger partial charge in [-0.05, 0) is 41.6 Å². The average Bonchev–Trinajstić information content (AvgIpc) is 2.14. The van der Waals surface area contributed by atoms with Gasteiger partial charge in [0.25, 0.3) is 0 Å². The molecule has 0 radical (unpaired) electrons. The predicted octanol–water partition coefficient (Wildman–Crippen LogP) is 2.20. The number of ether oxygens (including phenoxy) is 1. The Labute approximate surface area is 95.3 Å². The molecular weight excluding hydrogens is 297 g/mol. The zero-order chi connectivity index (χ0) is 10.6. The normalized spacial score (nSPS) is 10.7. The van der Waals surface area contributed by atoms with E-state index >= 15 is 0 Å². The van der Waals surface area contributed by atoms with Crippen LogP contribution in [0.4, 0.5) is 0 Å². The molecule has 0 unspecified atom stereocenters. The number of aromatic hydroxyl groups is 1. The quantitative estimate of drug-likeness (QED) is 0.389. The number of nitrogens with zero attached hydrogens (tertiary/aromatic N) is 1. The molecule has 1 aromatic carbocycles. The Bertz CT molecular complexity index is 352. The number of oxime groups is 1. The van der Waals surface area contributed by atoms with Crippen LogP contribution in [0.1, 0.15) is 12.5 Å². The van der Waals surface area contributed by atoms with Crippen molar-refractivity contribution in [3.05, 3.63) is 21.3 Å². The lowest BCUT2D eigenvalue weighted by atomic mass is 10.2. The van der Waals surface area contributed by atoms with E-state index in [2.05, 4.69) is 5.16 Å². The molecule has 0 spiro atoms. The molecule has 4 nitrogen and oxygen atoms in total. The summed E-state index contributed by atoms with van der Waals surface area (Å²) < 4.78 is 5.86. The van der Waals surface area contributed by atoms with Gasteiger partial charge in [-0.15, -0.1) is 0 Å². The summed E-state index contributed by atoms with van der Waals surface area (Å²) in [6.07, 6.45) is 1.28. The molecular formula is C9H10INO3. The minimum absolute atomic E-state index is 0.113. The first-order valence-electron chi connectivity index (χ1n) is 4.01. The fourth-order valence-electron chi connectivity index (χ4n) is 1.00. The number of hydrogen-bond acceptors (Lipinski definition) is 4. The number of halogens is 1. The maximum Gasteiger partial charge on any atom is 0.171 e. The van der Waals surface area contributed by atoms with Gasteiger partial charge in [-0.1, -0.05) is 5.16 Å². The molecule has 0 aliphatic carbocycles. The van der Waals surface area contributed by atoms with Gasteiger partial charge in [0.15, 0.2) is 11.5 Å². The van der Waals surface area contributed by atoms with E-state index in [0.29, 0.717) is 21.5 Å². The average molecular weight is 307 g/mol. The SMILES string of the molecule is CCOc1cc(/C=N/O)cc(I)c1O. The largest absolute Gasteiger partial charge is 0.504 e. The van der Waals surface area contributed by atoms with E-state index in [4.69, 9.17) is 9.94 Å². The molecule has 0 amide bonds. The molecule has 0 aliphatic heterocycles. The van der Waals surface area contributed by atoms with Gasteiger partial charge in [-0.2, -0.15) is 0 Å². The Morgan fingerprint density at radius 1 is 1.57 bits per heavy atom. The minimum Gasteiger partial charge on any atom is -0.504 e. The van der Waals surface area contributed by atoms with E-state index in [-0.39, 0.29) is 5.75 Å². The summed E-state index contributed by atoms with van der Waals surface area (Å²) >= 11 is 1.98. The zero-order valence-corrected chi connectivity index (χ0v) is 9.72. The smallest absolute Gasteiger partial charge is 0.171 e. The van der Waals surface area contributed by atoms with Gasteiger partial charge in [-0.3, -0.25) is 0 Å². The minimum atomic E-state index is 0.113. The first-order valence-corrected chi connectivity index (χ1v) is 5.09. The zero-order valence-electron chi connectivity index (χ0n) is 7.57. The number of phenolic OH excluding ortho intramolecular Hbond substituents is 1. The maximum atomic E-state index is 9.58. The van der Waals surface area contributed by atoms with E-state index in [0.717, 1.165) is 0 Å². The summed E-state index contributed by atoms with van der Waals surface area (Å²) in [6, 6.07) is 3.30. The molecule has 0 aliphatic rings. The van der Waals surface area contributed by atoms with Gasteiger partial charge in [0.05, 0.1) is 16.4 Å². The highest BCUT2D eigenvalue weighted by Crippen LogP contribution is 2.32. The Hall–Kier alpha value is -0.980. The van der Waals surface area contributed by atoms with Gasteiger partial charge in [-0.25, -0.2) is 0 Å². The van der Waals surface area contributed by atoms with Gasteiger partial charge in [0.2, 0.25) is 0 Å². The topological polar surface area (TPSA) is 62.0 Å². The fraction of sp³-hybridized carbons (Fsp3) is 0.222. The van der Waals surface area contributed by atoms with Gasteiger partial charge in [0, 0.05) is 5.56 Å². The van der Waals surface area contributed by atoms with Crippen molar-refractivity contribution in [2.75, 3.05) is 6.61 Å².